The molecule has 0 unspecified atom stereocenters. The van der Waals surface area contributed by atoms with E-state index in [1.807, 2.05) is 36.6 Å². The number of nitrogens with one attached hydrogen (secondary N) is 1. The Balaban J connectivity index is 1.38. The number of hydrogen-bond acceptors (Lipinski definition) is 5. The summed E-state index contributed by atoms with van der Waals surface area (Å²) in [5.74, 6) is 1.46. The van der Waals surface area contributed by atoms with Crippen molar-refractivity contribution in [2.24, 2.45) is 0 Å². The first kappa shape index (κ1) is 15.3. The molecule has 1 aliphatic carbocycles. The number of benzene rings is 1. The van der Waals surface area contributed by atoms with Crippen molar-refractivity contribution < 1.29 is 4.79 Å². The first-order valence-electron chi connectivity index (χ1n) is 8.18. The first-order chi connectivity index (χ1) is 11.6. The summed E-state index contributed by atoms with van der Waals surface area (Å²) in [7, 11) is 0. The third-order valence-corrected chi connectivity index (χ3v) is 5.35. The Bertz CT molecular complexity index is 909. The van der Waals surface area contributed by atoms with Gasteiger partial charge in [0.05, 0.1) is 0 Å². The molecule has 6 nitrogen and oxygen atoms in total. The van der Waals surface area contributed by atoms with Crippen LogP contribution in [-0.4, -0.2) is 32.3 Å². The maximum absolute atomic E-state index is 12.2. The molecule has 4 rings (SSSR count). The van der Waals surface area contributed by atoms with Gasteiger partial charge in [-0.15, -0.1) is 10.2 Å². The Kier molecular flexibility index (Phi) is 3.80. The van der Waals surface area contributed by atoms with E-state index in [1.54, 1.807) is 11.3 Å². The standard InChI is InChI=1S/C17H19N5OS/c1-10-3-4-13(9-11(10)2)16(23)18-8-7-14-21-22-15(12-5-6-12)19-20-17(22)24-14/h3-4,9,12H,5-8H2,1-2H3,(H,18,23). The highest BCUT2D eigenvalue weighted by molar-refractivity contribution is 7.16. The predicted octanol–water partition coefficient (Wildman–Crippen LogP) is 2.65. The van der Waals surface area contributed by atoms with Gasteiger partial charge in [-0.3, -0.25) is 4.79 Å². The van der Waals surface area contributed by atoms with Crippen molar-refractivity contribution in [3.63, 3.8) is 0 Å². The number of aromatic nitrogens is 4. The molecule has 124 valence electrons. The number of amides is 1. The fourth-order valence-corrected chi connectivity index (χ4v) is 3.48. The van der Waals surface area contributed by atoms with Gasteiger partial charge in [-0.05, 0) is 49.9 Å². The van der Waals surface area contributed by atoms with Crippen molar-refractivity contribution in [2.75, 3.05) is 6.54 Å². The highest BCUT2D eigenvalue weighted by atomic mass is 32.1. The van der Waals surface area contributed by atoms with E-state index in [0.717, 1.165) is 21.4 Å². The van der Waals surface area contributed by atoms with Gasteiger partial charge in [-0.1, -0.05) is 17.4 Å². The molecule has 24 heavy (non-hydrogen) atoms. The molecule has 0 radical (unpaired) electrons. The summed E-state index contributed by atoms with van der Waals surface area (Å²) in [5, 5.41) is 16.9. The van der Waals surface area contributed by atoms with Crippen molar-refractivity contribution >= 4 is 22.2 Å². The SMILES string of the molecule is Cc1ccc(C(=O)NCCc2nn3c(C4CC4)nnc3s2)cc1C. The Morgan fingerprint density at radius 2 is 2.12 bits per heavy atom. The summed E-state index contributed by atoms with van der Waals surface area (Å²) >= 11 is 1.54. The minimum absolute atomic E-state index is 0.0419. The third kappa shape index (κ3) is 2.91. The molecule has 1 aliphatic rings. The van der Waals surface area contributed by atoms with Crippen LogP contribution in [0, 0.1) is 13.8 Å². The fraction of sp³-hybridized carbons (Fsp3) is 0.412. The van der Waals surface area contributed by atoms with Gasteiger partial charge in [-0.2, -0.15) is 9.61 Å². The summed E-state index contributed by atoms with van der Waals surface area (Å²) in [6.45, 7) is 4.62. The van der Waals surface area contributed by atoms with Gasteiger partial charge in [0.15, 0.2) is 5.82 Å². The molecular weight excluding hydrogens is 322 g/mol. The van der Waals surface area contributed by atoms with Crippen LogP contribution in [0.25, 0.3) is 4.96 Å². The zero-order valence-electron chi connectivity index (χ0n) is 13.7. The Hall–Kier alpha value is -2.28. The highest BCUT2D eigenvalue weighted by Crippen LogP contribution is 2.39. The van der Waals surface area contributed by atoms with Gasteiger partial charge in [-0.25, -0.2) is 0 Å². The Labute approximate surface area is 143 Å². The minimum atomic E-state index is -0.0419. The van der Waals surface area contributed by atoms with Gasteiger partial charge >= 0.3 is 0 Å². The third-order valence-electron chi connectivity index (χ3n) is 4.39. The van der Waals surface area contributed by atoms with Crippen LogP contribution in [0.5, 0.6) is 0 Å². The van der Waals surface area contributed by atoms with Crippen LogP contribution in [0.2, 0.25) is 0 Å². The van der Waals surface area contributed by atoms with Crippen LogP contribution >= 0.6 is 11.3 Å². The van der Waals surface area contributed by atoms with Gasteiger partial charge in [0, 0.05) is 24.4 Å². The maximum Gasteiger partial charge on any atom is 0.251 e. The summed E-state index contributed by atoms with van der Waals surface area (Å²) in [6.07, 6.45) is 3.06. The molecule has 3 aromatic rings. The van der Waals surface area contributed by atoms with Crippen molar-refractivity contribution in [3.8, 4) is 0 Å². The lowest BCUT2D eigenvalue weighted by Crippen LogP contribution is -2.25. The molecular formula is C17H19N5OS. The maximum atomic E-state index is 12.2. The first-order valence-corrected chi connectivity index (χ1v) is 9.00. The molecule has 1 amide bonds. The van der Waals surface area contributed by atoms with Crippen LogP contribution in [0.15, 0.2) is 18.2 Å². The number of carbonyl (C=O) groups is 1. The van der Waals surface area contributed by atoms with Crippen LogP contribution < -0.4 is 5.32 Å². The topological polar surface area (TPSA) is 72.2 Å². The van der Waals surface area contributed by atoms with E-state index in [2.05, 4.69) is 20.6 Å². The van der Waals surface area contributed by atoms with Gasteiger partial charge in [0.1, 0.15) is 5.01 Å². The molecule has 0 aliphatic heterocycles. The molecule has 1 aromatic carbocycles. The van der Waals surface area contributed by atoms with E-state index in [1.165, 1.54) is 18.4 Å². The Morgan fingerprint density at radius 1 is 1.29 bits per heavy atom. The van der Waals surface area contributed by atoms with E-state index in [9.17, 15) is 4.79 Å². The highest BCUT2D eigenvalue weighted by Gasteiger charge is 2.29. The van der Waals surface area contributed by atoms with Crippen LogP contribution in [0.1, 0.15) is 51.1 Å². The van der Waals surface area contributed by atoms with Crippen molar-refractivity contribution in [1.29, 1.82) is 0 Å². The zero-order valence-corrected chi connectivity index (χ0v) is 14.6. The normalized spacial score (nSPS) is 14.2. The molecule has 1 N–H and O–H groups in total. The molecule has 2 heterocycles. The van der Waals surface area contributed by atoms with Crippen molar-refractivity contribution in [2.45, 2.75) is 39.0 Å². The summed E-state index contributed by atoms with van der Waals surface area (Å²) in [4.78, 5) is 13.1. The largest absolute Gasteiger partial charge is 0.352 e. The number of aryl methyl sites for hydroxylation is 2. The van der Waals surface area contributed by atoms with E-state index in [4.69, 9.17) is 0 Å². The molecule has 0 saturated heterocycles. The molecule has 0 bridgehead atoms. The second kappa shape index (κ2) is 5.98. The lowest BCUT2D eigenvalue weighted by Gasteiger charge is -2.06. The molecule has 1 saturated carbocycles. The summed E-state index contributed by atoms with van der Waals surface area (Å²) in [5.41, 5.74) is 3.02. The van der Waals surface area contributed by atoms with E-state index in [-0.39, 0.29) is 5.91 Å². The zero-order chi connectivity index (χ0) is 16.7. The van der Waals surface area contributed by atoms with E-state index >= 15 is 0 Å². The lowest BCUT2D eigenvalue weighted by atomic mass is 10.1. The molecule has 7 heteroatoms. The van der Waals surface area contributed by atoms with Gasteiger partial charge in [0.25, 0.3) is 5.91 Å². The van der Waals surface area contributed by atoms with Crippen molar-refractivity contribution in [3.05, 3.63) is 45.7 Å². The molecule has 2 aromatic heterocycles. The smallest absolute Gasteiger partial charge is 0.251 e. The summed E-state index contributed by atoms with van der Waals surface area (Å²) in [6, 6.07) is 5.77. The molecule has 0 spiro atoms. The Morgan fingerprint density at radius 3 is 2.88 bits per heavy atom. The van der Waals surface area contributed by atoms with Crippen LogP contribution in [0.4, 0.5) is 0 Å². The number of carbonyl (C=O) groups excluding carboxylic acids is 1. The molecule has 0 atom stereocenters. The number of nitrogens with zero attached hydrogens (tertiary/aromatic N) is 4. The quantitative estimate of drug-likeness (QED) is 0.774. The van der Waals surface area contributed by atoms with E-state index < -0.39 is 0 Å². The number of hydrogen-bond donors (Lipinski definition) is 1. The van der Waals surface area contributed by atoms with Crippen LogP contribution in [-0.2, 0) is 6.42 Å². The monoisotopic (exact) mass is 341 g/mol. The second-order valence-corrected chi connectivity index (χ2v) is 7.37. The number of rotatable bonds is 5. The van der Waals surface area contributed by atoms with E-state index in [0.29, 0.717) is 24.4 Å². The number of fused-ring (bicyclic) bond motifs is 1. The lowest BCUT2D eigenvalue weighted by molar-refractivity contribution is 0.0954. The second-order valence-electron chi connectivity index (χ2n) is 6.33. The predicted molar refractivity (Wildman–Crippen MR) is 92.6 cm³/mol. The minimum Gasteiger partial charge on any atom is -0.352 e. The fourth-order valence-electron chi connectivity index (χ4n) is 2.64. The van der Waals surface area contributed by atoms with Crippen LogP contribution in [0.3, 0.4) is 0 Å². The van der Waals surface area contributed by atoms with Gasteiger partial charge in [0.2, 0.25) is 4.96 Å². The average molecular weight is 341 g/mol. The van der Waals surface area contributed by atoms with Crippen molar-refractivity contribution in [1.82, 2.24) is 25.1 Å². The average Bonchev–Trinajstić information content (AvgIpc) is 3.20. The molecule has 1 fully saturated rings. The van der Waals surface area contributed by atoms with Gasteiger partial charge < -0.3 is 5.32 Å². The summed E-state index contributed by atoms with van der Waals surface area (Å²) < 4.78 is 1.86.